The third-order valence-electron chi connectivity index (χ3n) is 3.54. The van der Waals surface area contributed by atoms with Crippen molar-refractivity contribution in [1.29, 1.82) is 0 Å². The molecule has 0 heterocycles. The van der Waals surface area contributed by atoms with Crippen LogP contribution in [0.3, 0.4) is 0 Å². The number of hydrogen-bond acceptors (Lipinski definition) is 1. The maximum atomic E-state index is 5.88. The molecule has 0 amide bonds. The summed E-state index contributed by atoms with van der Waals surface area (Å²) in [5, 5.41) is 0. The van der Waals surface area contributed by atoms with Crippen LogP contribution in [-0.2, 0) is 6.54 Å². The summed E-state index contributed by atoms with van der Waals surface area (Å²) in [5.74, 6) is 0. The van der Waals surface area contributed by atoms with Gasteiger partial charge in [-0.05, 0) is 27.8 Å². The molecule has 1 nitrogen and oxygen atoms in total. The average Bonchev–Trinajstić information content (AvgIpc) is 2.55. The van der Waals surface area contributed by atoms with E-state index in [9.17, 15) is 0 Å². The molecule has 1 heteroatoms. The van der Waals surface area contributed by atoms with E-state index in [1.54, 1.807) is 0 Å². The molecule has 0 radical (unpaired) electrons. The van der Waals surface area contributed by atoms with Crippen LogP contribution in [0.2, 0.25) is 0 Å². The van der Waals surface area contributed by atoms with Crippen molar-refractivity contribution in [3.05, 3.63) is 84.4 Å². The van der Waals surface area contributed by atoms with Gasteiger partial charge in [0.05, 0.1) is 0 Å². The van der Waals surface area contributed by atoms with Crippen LogP contribution in [0, 0.1) is 0 Å². The first-order chi connectivity index (χ1) is 9.90. The van der Waals surface area contributed by atoms with E-state index in [4.69, 9.17) is 5.73 Å². The van der Waals surface area contributed by atoms with Gasteiger partial charge < -0.3 is 5.73 Å². The van der Waals surface area contributed by atoms with Gasteiger partial charge in [-0.2, -0.15) is 0 Å². The van der Waals surface area contributed by atoms with Crippen LogP contribution in [0.25, 0.3) is 22.3 Å². The molecule has 0 bridgehead atoms. The molecule has 3 rings (SSSR count). The van der Waals surface area contributed by atoms with Crippen molar-refractivity contribution in [2.75, 3.05) is 0 Å². The Morgan fingerprint density at radius 2 is 1.10 bits per heavy atom. The van der Waals surface area contributed by atoms with Crippen molar-refractivity contribution >= 4 is 0 Å². The molecule has 20 heavy (non-hydrogen) atoms. The highest BCUT2D eigenvalue weighted by molar-refractivity contribution is 5.84. The van der Waals surface area contributed by atoms with E-state index in [0.717, 1.165) is 0 Å². The van der Waals surface area contributed by atoms with Crippen LogP contribution in [0.5, 0.6) is 0 Å². The predicted molar refractivity (Wildman–Crippen MR) is 85.2 cm³/mol. The third kappa shape index (κ3) is 2.36. The molecule has 3 aromatic rings. The SMILES string of the molecule is NCc1ccccc1-c1ccccc1-c1ccccc1. The topological polar surface area (TPSA) is 26.0 Å². The van der Waals surface area contributed by atoms with Crippen molar-refractivity contribution in [2.45, 2.75) is 6.54 Å². The number of benzene rings is 3. The van der Waals surface area contributed by atoms with Crippen LogP contribution >= 0.6 is 0 Å². The second kappa shape index (κ2) is 5.72. The van der Waals surface area contributed by atoms with Gasteiger partial charge in [0.25, 0.3) is 0 Å². The summed E-state index contributed by atoms with van der Waals surface area (Å²) in [7, 11) is 0. The first-order valence-corrected chi connectivity index (χ1v) is 6.83. The van der Waals surface area contributed by atoms with Crippen LogP contribution in [0.1, 0.15) is 5.56 Å². The van der Waals surface area contributed by atoms with Gasteiger partial charge in [0.15, 0.2) is 0 Å². The average molecular weight is 259 g/mol. The van der Waals surface area contributed by atoms with E-state index in [0.29, 0.717) is 6.54 Å². The van der Waals surface area contributed by atoms with Crippen LogP contribution in [-0.4, -0.2) is 0 Å². The summed E-state index contributed by atoms with van der Waals surface area (Å²) >= 11 is 0. The summed E-state index contributed by atoms with van der Waals surface area (Å²) in [6, 6.07) is 27.3. The minimum absolute atomic E-state index is 0.555. The van der Waals surface area contributed by atoms with Crippen LogP contribution in [0.4, 0.5) is 0 Å². The van der Waals surface area contributed by atoms with Crippen molar-refractivity contribution in [3.8, 4) is 22.3 Å². The fourth-order valence-corrected chi connectivity index (χ4v) is 2.55. The molecule has 0 saturated carbocycles. The standard InChI is InChI=1S/C19H17N/c20-14-16-10-4-5-12-18(16)19-13-7-6-11-17(19)15-8-2-1-3-9-15/h1-13H,14,20H2. The summed E-state index contributed by atoms with van der Waals surface area (Å²) in [6.07, 6.45) is 0. The van der Waals surface area contributed by atoms with E-state index < -0.39 is 0 Å². The monoisotopic (exact) mass is 259 g/mol. The number of nitrogens with two attached hydrogens (primary N) is 1. The Balaban J connectivity index is 2.20. The van der Waals surface area contributed by atoms with Crippen LogP contribution < -0.4 is 5.73 Å². The Bertz CT molecular complexity index is 702. The van der Waals surface area contributed by atoms with Crippen LogP contribution in [0.15, 0.2) is 78.9 Å². The normalized spacial score (nSPS) is 10.4. The first kappa shape index (κ1) is 12.6. The summed E-state index contributed by atoms with van der Waals surface area (Å²) in [6.45, 7) is 0.555. The highest BCUT2D eigenvalue weighted by Gasteiger charge is 2.09. The molecular formula is C19H17N. The Morgan fingerprint density at radius 3 is 1.80 bits per heavy atom. The zero-order valence-corrected chi connectivity index (χ0v) is 11.3. The van der Waals surface area contributed by atoms with Crippen molar-refractivity contribution in [2.24, 2.45) is 5.73 Å². The third-order valence-corrected chi connectivity index (χ3v) is 3.54. The van der Waals surface area contributed by atoms with Gasteiger partial charge in [-0.15, -0.1) is 0 Å². The second-order valence-corrected chi connectivity index (χ2v) is 4.77. The Labute approximate surface area is 119 Å². The Morgan fingerprint density at radius 1 is 0.550 bits per heavy atom. The van der Waals surface area contributed by atoms with E-state index in [1.165, 1.54) is 27.8 Å². The van der Waals surface area contributed by atoms with Crippen molar-refractivity contribution in [3.63, 3.8) is 0 Å². The molecule has 0 unspecified atom stereocenters. The minimum Gasteiger partial charge on any atom is -0.326 e. The van der Waals surface area contributed by atoms with Gasteiger partial charge in [-0.25, -0.2) is 0 Å². The Kier molecular flexibility index (Phi) is 3.62. The fraction of sp³-hybridized carbons (Fsp3) is 0.0526. The van der Waals surface area contributed by atoms with Gasteiger partial charge in [0.2, 0.25) is 0 Å². The zero-order valence-electron chi connectivity index (χ0n) is 11.3. The Hall–Kier alpha value is -2.38. The van der Waals surface area contributed by atoms with Gasteiger partial charge in [0.1, 0.15) is 0 Å². The van der Waals surface area contributed by atoms with Gasteiger partial charge in [0, 0.05) is 6.54 Å². The van der Waals surface area contributed by atoms with E-state index in [2.05, 4.69) is 66.7 Å². The number of hydrogen-bond donors (Lipinski definition) is 1. The van der Waals surface area contributed by atoms with Gasteiger partial charge >= 0.3 is 0 Å². The fourth-order valence-electron chi connectivity index (χ4n) is 2.55. The highest BCUT2D eigenvalue weighted by atomic mass is 14.5. The van der Waals surface area contributed by atoms with Crippen molar-refractivity contribution in [1.82, 2.24) is 0 Å². The largest absolute Gasteiger partial charge is 0.326 e. The molecule has 2 N–H and O–H groups in total. The molecule has 0 atom stereocenters. The smallest absolute Gasteiger partial charge is 0.0184 e. The molecule has 0 fully saturated rings. The lowest BCUT2D eigenvalue weighted by atomic mass is 9.92. The molecule has 0 aromatic heterocycles. The minimum atomic E-state index is 0.555. The molecule has 0 spiro atoms. The molecular weight excluding hydrogens is 242 g/mol. The van der Waals surface area contributed by atoms with E-state index in [1.807, 2.05) is 12.1 Å². The summed E-state index contributed by atoms with van der Waals surface area (Å²) in [4.78, 5) is 0. The zero-order chi connectivity index (χ0) is 13.8. The molecule has 0 saturated heterocycles. The highest BCUT2D eigenvalue weighted by Crippen LogP contribution is 2.33. The molecule has 0 aliphatic heterocycles. The van der Waals surface area contributed by atoms with Gasteiger partial charge in [-0.1, -0.05) is 78.9 Å². The molecule has 0 aliphatic carbocycles. The lowest BCUT2D eigenvalue weighted by Gasteiger charge is -2.13. The summed E-state index contributed by atoms with van der Waals surface area (Å²) < 4.78 is 0. The predicted octanol–water partition coefficient (Wildman–Crippen LogP) is 4.48. The van der Waals surface area contributed by atoms with Gasteiger partial charge in [-0.3, -0.25) is 0 Å². The molecule has 0 aliphatic rings. The quantitative estimate of drug-likeness (QED) is 0.737. The number of rotatable bonds is 3. The lowest BCUT2D eigenvalue weighted by molar-refractivity contribution is 1.07. The maximum Gasteiger partial charge on any atom is 0.0184 e. The first-order valence-electron chi connectivity index (χ1n) is 6.83. The lowest BCUT2D eigenvalue weighted by Crippen LogP contribution is -1.99. The molecule has 3 aromatic carbocycles. The van der Waals surface area contributed by atoms with E-state index in [-0.39, 0.29) is 0 Å². The second-order valence-electron chi connectivity index (χ2n) is 4.77. The van der Waals surface area contributed by atoms with Crippen molar-refractivity contribution < 1.29 is 0 Å². The summed E-state index contributed by atoms with van der Waals surface area (Å²) in [5.41, 5.74) is 12.0. The van der Waals surface area contributed by atoms with E-state index >= 15 is 0 Å². The molecule has 98 valence electrons. The maximum absolute atomic E-state index is 5.88.